The largest absolute Gasteiger partial charge is 0.370 e. The third kappa shape index (κ3) is 3.13. The van der Waals surface area contributed by atoms with Crippen molar-refractivity contribution in [3.05, 3.63) is 28.8 Å². The summed E-state index contributed by atoms with van der Waals surface area (Å²) in [7, 11) is 0. The highest BCUT2D eigenvalue weighted by Crippen LogP contribution is 2.29. The number of carbonyl (C=O) groups excluding carboxylic acids is 1. The van der Waals surface area contributed by atoms with Gasteiger partial charge in [0, 0.05) is 26.6 Å². The van der Waals surface area contributed by atoms with Gasteiger partial charge in [0.25, 0.3) is 0 Å². The monoisotopic (exact) mass is 252 g/mol. The lowest BCUT2D eigenvalue weighted by Crippen LogP contribution is -2.20. The van der Waals surface area contributed by atoms with Crippen LogP contribution < -0.4 is 10.2 Å². The molecule has 3 nitrogen and oxygen atoms in total. The van der Waals surface area contributed by atoms with Crippen LogP contribution in [0.15, 0.2) is 18.2 Å². The van der Waals surface area contributed by atoms with E-state index >= 15 is 0 Å². The minimum Gasteiger partial charge on any atom is -0.370 e. The molecule has 1 aliphatic heterocycles. The summed E-state index contributed by atoms with van der Waals surface area (Å²) in [6.07, 6.45) is 2.48. The van der Waals surface area contributed by atoms with Crippen LogP contribution in [0.3, 0.4) is 0 Å². The van der Waals surface area contributed by atoms with Crippen molar-refractivity contribution < 1.29 is 4.79 Å². The Morgan fingerprint density at radius 3 is 2.71 bits per heavy atom. The number of nitrogens with zero attached hydrogens (tertiary/aromatic N) is 1. The summed E-state index contributed by atoms with van der Waals surface area (Å²) in [5.74, 6) is -0.0234. The number of hydrogen-bond acceptors (Lipinski definition) is 2. The first-order chi connectivity index (χ1) is 8.16. The van der Waals surface area contributed by atoms with Gasteiger partial charge >= 0.3 is 0 Å². The first kappa shape index (κ1) is 12.2. The molecular weight excluding hydrogens is 236 g/mol. The predicted octanol–water partition coefficient (Wildman–Crippen LogP) is 2.58. The minimum atomic E-state index is -0.0234. The van der Waals surface area contributed by atoms with Crippen LogP contribution in [0.25, 0.3) is 0 Å². The van der Waals surface area contributed by atoms with Gasteiger partial charge in [-0.05, 0) is 30.5 Å². The van der Waals surface area contributed by atoms with Crippen molar-refractivity contribution in [3.8, 4) is 0 Å². The highest BCUT2D eigenvalue weighted by molar-refractivity contribution is 6.33. The lowest BCUT2D eigenvalue weighted by atomic mass is 10.2. The van der Waals surface area contributed by atoms with E-state index in [9.17, 15) is 4.79 Å². The van der Waals surface area contributed by atoms with Crippen molar-refractivity contribution in [1.82, 2.24) is 5.32 Å². The number of halogens is 1. The average molecular weight is 253 g/mol. The first-order valence-electron chi connectivity index (χ1n) is 5.94. The van der Waals surface area contributed by atoms with Crippen LogP contribution in [0.2, 0.25) is 5.02 Å². The van der Waals surface area contributed by atoms with Gasteiger partial charge in [0.1, 0.15) is 0 Å². The molecule has 1 aromatic rings. The van der Waals surface area contributed by atoms with E-state index in [1.807, 2.05) is 18.2 Å². The minimum absolute atomic E-state index is 0.0234. The summed E-state index contributed by atoms with van der Waals surface area (Å²) in [6, 6.07) is 6.01. The van der Waals surface area contributed by atoms with Crippen LogP contribution in [0.5, 0.6) is 0 Å². The molecule has 1 aromatic carbocycles. The van der Waals surface area contributed by atoms with E-state index in [0.717, 1.165) is 29.4 Å². The summed E-state index contributed by atoms with van der Waals surface area (Å²) in [5, 5.41) is 3.54. The van der Waals surface area contributed by atoms with Crippen LogP contribution in [0.1, 0.15) is 25.3 Å². The molecule has 2 rings (SSSR count). The van der Waals surface area contributed by atoms with Crippen molar-refractivity contribution in [2.45, 2.75) is 26.3 Å². The number of hydrogen-bond donors (Lipinski definition) is 1. The van der Waals surface area contributed by atoms with Crippen LogP contribution in [-0.4, -0.2) is 19.0 Å². The van der Waals surface area contributed by atoms with E-state index in [1.54, 1.807) is 0 Å². The molecule has 1 fully saturated rings. The van der Waals surface area contributed by atoms with Gasteiger partial charge in [0.05, 0.1) is 10.7 Å². The van der Waals surface area contributed by atoms with Crippen LogP contribution in [-0.2, 0) is 11.3 Å². The molecule has 1 N–H and O–H groups in total. The van der Waals surface area contributed by atoms with Gasteiger partial charge in [-0.3, -0.25) is 4.79 Å². The summed E-state index contributed by atoms with van der Waals surface area (Å²) in [4.78, 5) is 13.1. The Labute approximate surface area is 107 Å². The first-order valence-corrected chi connectivity index (χ1v) is 6.32. The maximum absolute atomic E-state index is 10.8. The molecule has 92 valence electrons. The number of amides is 1. The van der Waals surface area contributed by atoms with Gasteiger partial charge in [-0.2, -0.15) is 0 Å². The molecule has 1 amide bonds. The van der Waals surface area contributed by atoms with Crippen molar-refractivity contribution >= 4 is 23.2 Å². The third-order valence-electron chi connectivity index (χ3n) is 3.00. The molecule has 17 heavy (non-hydrogen) atoms. The second-order valence-corrected chi connectivity index (χ2v) is 4.80. The van der Waals surface area contributed by atoms with Crippen molar-refractivity contribution in [1.29, 1.82) is 0 Å². The summed E-state index contributed by atoms with van der Waals surface area (Å²) in [6.45, 7) is 4.23. The molecule has 0 aromatic heterocycles. The molecule has 0 unspecified atom stereocenters. The number of benzene rings is 1. The van der Waals surface area contributed by atoms with Crippen molar-refractivity contribution in [3.63, 3.8) is 0 Å². The number of rotatable bonds is 3. The molecule has 1 aliphatic rings. The van der Waals surface area contributed by atoms with Gasteiger partial charge in [-0.1, -0.05) is 17.7 Å². The fourth-order valence-electron chi connectivity index (χ4n) is 2.10. The Hall–Kier alpha value is -1.22. The van der Waals surface area contributed by atoms with Crippen molar-refractivity contribution in [2.24, 2.45) is 0 Å². The van der Waals surface area contributed by atoms with E-state index in [1.165, 1.54) is 19.8 Å². The fraction of sp³-hybridized carbons (Fsp3) is 0.462. The van der Waals surface area contributed by atoms with Gasteiger partial charge in [0.2, 0.25) is 5.91 Å². The smallest absolute Gasteiger partial charge is 0.217 e. The lowest BCUT2D eigenvalue weighted by Gasteiger charge is -2.19. The molecule has 4 heteroatoms. The second kappa shape index (κ2) is 5.41. The number of carbonyl (C=O) groups is 1. The van der Waals surface area contributed by atoms with Crippen LogP contribution in [0.4, 0.5) is 5.69 Å². The highest BCUT2D eigenvalue weighted by atomic mass is 35.5. The van der Waals surface area contributed by atoms with Crippen LogP contribution >= 0.6 is 11.6 Å². The van der Waals surface area contributed by atoms with E-state index in [2.05, 4.69) is 10.2 Å². The topological polar surface area (TPSA) is 32.3 Å². The average Bonchev–Trinajstić information content (AvgIpc) is 2.79. The second-order valence-electron chi connectivity index (χ2n) is 4.39. The van der Waals surface area contributed by atoms with Gasteiger partial charge < -0.3 is 10.2 Å². The molecule has 1 saturated heterocycles. The zero-order valence-corrected chi connectivity index (χ0v) is 10.8. The van der Waals surface area contributed by atoms with Crippen molar-refractivity contribution in [2.75, 3.05) is 18.0 Å². The van der Waals surface area contributed by atoms with E-state index in [4.69, 9.17) is 11.6 Å². The summed E-state index contributed by atoms with van der Waals surface area (Å²) < 4.78 is 0. The molecule has 1 heterocycles. The third-order valence-corrected chi connectivity index (χ3v) is 3.30. The van der Waals surface area contributed by atoms with E-state index in [-0.39, 0.29) is 5.91 Å². The molecule has 0 atom stereocenters. The Morgan fingerprint density at radius 2 is 2.12 bits per heavy atom. The predicted molar refractivity (Wildman–Crippen MR) is 70.4 cm³/mol. The molecule has 0 saturated carbocycles. The number of anilines is 1. The Bertz CT molecular complexity index is 414. The van der Waals surface area contributed by atoms with Gasteiger partial charge in [-0.15, -0.1) is 0 Å². The normalized spacial score (nSPS) is 15.1. The van der Waals surface area contributed by atoms with Crippen LogP contribution in [0, 0.1) is 0 Å². The van der Waals surface area contributed by atoms with E-state index in [0.29, 0.717) is 6.54 Å². The standard InChI is InChI=1S/C13H17ClN2O/c1-10(17)15-9-11-4-5-13(12(14)8-11)16-6-2-3-7-16/h4-5,8H,2-3,6-7,9H2,1H3,(H,15,17). The SMILES string of the molecule is CC(=O)NCc1ccc(N2CCCC2)c(Cl)c1. The highest BCUT2D eigenvalue weighted by Gasteiger charge is 2.15. The summed E-state index contributed by atoms with van der Waals surface area (Å²) >= 11 is 6.27. The maximum atomic E-state index is 10.8. The maximum Gasteiger partial charge on any atom is 0.217 e. The zero-order chi connectivity index (χ0) is 12.3. The van der Waals surface area contributed by atoms with Gasteiger partial charge in [0.15, 0.2) is 0 Å². The molecule has 0 radical (unpaired) electrons. The Morgan fingerprint density at radius 1 is 1.41 bits per heavy atom. The Kier molecular flexibility index (Phi) is 3.89. The Balaban J connectivity index is 2.08. The molecule has 0 spiro atoms. The molecule has 0 bridgehead atoms. The lowest BCUT2D eigenvalue weighted by molar-refractivity contribution is -0.119. The zero-order valence-electron chi connectivity index (χ0n) is 10.0. The number of nitrogens with one attached hydrogen (secondary N) is 1. The van der Waals surface area contributed by atoms with Gasteiger partial charge in [-0.25, -0.2) is 0 Å². The quantitative estimate of drug-likeness (QED) is 0.897. The molecular formula is C13H17ClN2O. The molecule has 0 aliphatic carbocycles. The summed E-state index contributed by atoms with van der Waals surface area (Å²) in [5.41, 5.74) is 2.14. The fourth-order valence-corrected chi connectivity index (χ4v) is 2.42. The van der Waals surface area contributed by atoms with E-state index < -0.39 is 0 Å².